The number of ether oxygens (including phenoxy) is 1. The topological polar surface area (TPSA) is 82.2 Å². The molecule has 2 fully saturated rings. The summed E-state index contributed by atoms with van der Waals surface area (Å²) in [6, 6.07) is 13.2. The highest BCUT2D eigenvalue weighted by Crippen LogP contribution is 2.28. The maximum atomic E-state index is 13.5. The summed E-state index contributed by atoms with van der Waals surface area (Å²) in [5.74, 6) is 0.150. The number of carbonyl (C=O) groups is 3. The molecule has 0 radical (unpaired) electrons. The molecule has 0 aliphatic carbocycles. The van der Waals surface area contributed by atoms with Crippen LogP contribution in [0.1, 0.15) is 46.5 Å². The predicted octanol–water partition coefficient (Wildman–Crippen LogP) is 3.41. The van der Waals surface area contributed by atoms with Gasteiger partial charge >= 0.3 is 0 Å². The molecule has 2 saturated heterocycles. The van der Waals surface area contributed by atoms with Crippen LogP contribution in [-0.4, -0.2) is 80.0 Å². The molecule has 1 N–H and O–H groups in total. The summed E-state index contributed by atoms with van der Waals surface area (Å²) >= 11 is 0. The highest BCUT2D eigenvalue weighted by molar-refractivity contribution is 6.02. The van der Waals surface area contributed by atoms with E-state index in [0.717, 1.165) is 11.3 Å². The van der Waals surface area contributed by atoms with Gasteiger partial charge in [-0.2, -0.15) is 0 Å². The lowest BCUT2D eigenvalue weighted by atomic mass is 10.1. The standard InChI is InChI=1S/C28H36N4O4/c1-20(2)18-26(33)29-23-8-9-25(24(19-23)28(35)32-14-16-36-17-15-32)30-10-12-31(13-11-30)27(34)22-6-4-21(3)5-7-22/h4-9,19-20H,10-18H2,1-3H3,(H,29,33). The number of benzene rings is 2. The van der Waals surface area contributed by atoms with E-state index in [4.69, 9.17) is 4.74 Å². The number of piperazine rings is 1. The Morgan fingerprint density at radius 2 is 1.50 bits per heavy atom. The maximum Gasteiger partial charge on any atom is 0.256 e. The molecule has 2 aliphatic heterocycles. The number of amides is 3. The fraction of sp³-hybridized carbons (Fsp3) is 0.464. The number of aryl methyl sites for hydroxylation is 1. The van der Waals surface area contributed by atoms with Crippen LogP contribution in [0.15, 0.2) is 42.5 Å². The number of nitrogens with one attached hydrogen (secondary N) is 1. The minimum Gasteiger partial charge on any atom is -0.378 e. The monoisotopic (exact) mass is 492 g/mol. The maximum absolute atomic E-state index is 13.5. The number of carbonyl (C=O) groups excluding carboxylic acids is 3. The smallest absolute Gasteiger partial charge is 0.256 e. The highest BCUT2D eigenvalue weighted by atomic mass is 16.5. The van der Waals surface area contributed by atoms with Crippen molar-refractivity contribution >= 4 is 29.1 Å². The average molecular weight is 493 g/mol. The lowest BCUT2D eigenvalue weighted by Gasteiger charge is -2.37. The average Bonchev–Trinajstić information content (AvgIpc) is 2.88. The van der Waals surface area contributed by atoms with Crippen molar-refractivity contribution in [2.24, 2.45) is 5.92 Å². The number of hydrogen-bond acceptors (Lipinski definition) is 5. The highest BCUT2D eigenvalue weighted by Gasteiger charge is 2.27. The van der Waals surface area contributed by atoms with Crippen molar-refractivity contribution in [3.8, 4) is 0 Å². The van der Waals surface area contributed by atoms with E-state index in [1.165, 1.54) is 0 Å². The van der Waals surface area contributed by atoms with Gasteiger partial charge in [0, 0.05) is 62.6 Å². The molecule has 192 valence electrons. The van der Waals surface area contributed by atoms with Gasteiger partial charge in [-0.3, -0.25) is 14.4 Å². The molecule has 8 nitrogen and oxygen atoms in total. The summed E-state index contributed by atoms with van der Waals surface area (Å²) in [4.78, 5) is 44.7. The summed E-state index contributed by atoms with van der Waals surface area (Å²) in [5, 5.41) is 2.94. The quantitative estimate of drug-likeness (QED) is 0.668. The molecule has 0 saturated carbocycles. The van der Waals surface area contributed by atoms with Crippen LogP contribution < -0.4 is 10.2 Å². The third-order valence-corrected chi connectivity index (χ3v) is 6.61. The van der Waals surface area contributed by atoms with Gasteiger partial charge in [0.1, 0.15) is 0 Å². The molecule has 2 aromatic rings. The van der Waals surface area contributed by atoms with Gasteiger partial charge in [-0.05, 0) is 43.2 Å². The third kappa shape index (κ3) is 6.23. The van der Waals surface area contributed by atoms with Gasteiger partial charge in [0.15, 0.2) is 0 Å². The molecular formula is C28H36N4O4. The molecule has 36 heavy (non-hydrogen) atoms. The Labute approximate surface area is 213 Å². The van der Waals surface area contributed by atoms with Crippen molar-refractivity contribution < 1.29 is 19.1 Å². The van der Waals surface area contributed by atoms with Crippen LogP contribution in [0, 0.1) is 12.8 Å². The summed E-state index contributed by atoms with van der Waals surface area (Å²) in [5.41, 5.74) is 3.83. The Bertz CT molecular complexity index is 1090. The molecular weight excluding hydrogens is 456 g/mol. The molecule has 0 unspecified atom stereocenters. The fourth-order valence-electron chi connectivity index (χ4n) is 4.61. The first-order valence-corrected chi connectivity index (χ1v) is 12.7. The first-order chi connectivity index (χ1) is 17.3. The molecule has 2 heterocycles. The van der Waals surface area contributed by atoms with E-state index < -0.39 is 0 Å². The molecule has 4 rings (SSSR count). The second-order valence-corrected chi connectivity index (χ2v) is 9.93. The van der Waals surface area contributed by atoms with E-state index in [1.54, 1.807) is 11.0 Å². The molecule has 0 spiro atoms. The van der Waals surface area contributed by atoms with Crippen LogP contribution in [-0.2, 0) is 9.53 Å². The normalized spacial score (nSPS) is 16.3. The predicted molar refractivity (Wildman–Crippen MR) is 141 cm³/mol. The summed E-state index contributed by atoms with van der Waals surface area (Å²) in [6.07, 6.45) is 0.422. The van der Waals surface area contributed by atoms with Crippen LogP contribution in [0.3, 0.4) is 0 Å². The first kappa shape index (κ1) is 25.7. The Morgan fingerprint density at radius 3 is 2.14 bits per heavy atom. The van der Waals surface area contributed by atoms with Gasteiger partial charge < -0.3 is 24.8 Å². The molecule has 8 heteroatoms. The van der Waals surface area contributed by atoms with Crippen molar-refractivity contribution in [1.82, 2.24) is 9.80 Å². The molecule has 2 aliphatic rings. The van der Waals surface area contributed by atoms with Gasteiger partial charge in [-0.15, -0.1) is 0 Å². The zero-order valence-electron chi connectivity index (χ0n) is 21.5. The van der Waals surface area contributed by atoms with E-state index in [-0.39, 0.29) is 23.6 Å². The zero-order valence-corrected chi connectivity index (χ0v) is 21.5. The summed E-state index contributed by atoms with van der Waals surface area (Å²) in [6.45, 7) is 10.5. The lowest BCUT2D eigenvalue weighted by Crippen LogP contribution is -2.49. The Morgan fingerprint density at radius 1 is 0.861 bits per heavy atom. The second-order valence-electron chi connectivity index (χ2n) is 9.93. The Balaban J connectivity index is 1.51. The number of rotatable bonds is 6. The SMILES string of the molecule is Cc1ccc(C(=O)N2CCN(c3ccc(NC(=O)CC(C)C)cc3C(=O)N3CCOCC3)CC2)cc1. The van der Waals surface area contributed by atoms with Gasteiger partial charge in [0.05, 0.1) is 18.8 Å². The molecule has 0 aromatic heterocycles. The van der Waals surface area contributed by atoms with Crippen molar-refractivity contribution in [3.63, 3.8) is 0 Å². The fourth-order valence-corrected chi connectivity index (χ4v) is 4.61. The summed E-state index contributed by atoms with van der Waals surface area (Å²) in [7, 11) is 0. The zero-order chi connectivity index (χ0) is 25.7. The number of anilines is 2. The van der Waals surface area contributed by atoms with Crippen molar-refractivity contribution in [3.05, 3.63) is 59.2 Å². The van der Waals surface area contributed by atoms with Gasteiger partial charge in [-0.25, -0.2) is 0 Å². The largest absolute Gasteiger partial charge is 0.378 e. The van der Waals surface area contributed by atoms with Crippen LogP contribution in [0.5, 0.6) is 0 Å². The van der Waals surface area contributed by atoms with Crippen molar-refractivity contribution in [2.75, 3.05) is 62.7 Å². The van der Waals surface area contributed by atoms with Crippen molar-refractivity contribution in [2.45, 2.75) is 27.2 Å². The molecule has 0 bridgehead atoms. The van der Waals surface area contributed by atoms with E-state index in [2.05, 4.69) is 10.2 Å². The lowest BCUT2D eigenvalue weighted by molar-refractivity contribution is -0.116. The van der Waals surface area contributed by atoms with Crippen LogP contribution in [0.4, 0.5) is 11.4 Å². The van der Waals surface area contributed by atoms with E-state index in [1.807, 2.05) is 62.1 Å². The number of nitrogens with zero attached hydrogens (tertiary/aromatic N) is 3. The number of hydrogen-bond donors (Lipinski definition) is 1. The van der Waals surface area contributed by atoms with Gasteiger partial charge in [0.2, 0.25) is 5.91 Å². The Hall–Kier alpha value is -3.39. The van der Waals surface area contributed by atoms with E-state index in [0.29, 0.717) is 75.7 Å². The van der Waals surface area contributed by atoms with Gasteiger partial charge in [0.25, 0.3) is 11.8 Å². The van der Waals surface area contributed by atoms with Crippen molar-refractivity contribution in [1.29, 1.82) is 0 Å². The molecule has 0 atom stereocenters. The first-order valence-electron chi connectivity index (χ1n) is 12.7. The van der Waals surface area contributed by atoms with E-state index >= 15 is 0 Å². The third-order valence-electron chi connectivity index (χ3n) is 6.61. The van der Waals surface area contributed by atoms with Gasteiger partial charge in [-0.1, -0.05) is 31.5 Å². The second kappa shape index (κ2) is 11.6. The summed E-state index contributed by atoms with van der Waals surface area (Å²) < 4.78 is 5.42. The molecule has 2 aromatic carbocycles. The van der Waals surface area contributed by atoms with Crippen LogP contribution >= 0.6 is 0 Å². The minimum absolute atomic E-state index is 0.0301. The van der Waals surface area contributed by atoms with Crippen LogP contribution in [0.2, 0.25) is 0 Å². The minimum atomic E-state index is -0.0641. The Kier molecular flexibility index (Phi) is 8.25. The molecule has 3 amide bonds. The van der Waals surface area contributed by atoms with E-state index in [9.17, 15) is 14.4 Å². The van der Waals surface area contributed by atoms with Crippen LogP contribution in [0.25, 0.3) is 0 Å². The number of morpholine rings is 1.